The Hall–Kier alpha value is -4.56. The van der Waals surface area contributed by atoms with E-state index in [4.69, 9.17) is 4.74 Å². The van der Waals surface area contributed by atoms with Crippen molar-refractivity contribution in [1.29, 1.82) is 0 Å². The molecule has 4 aromatic carbocycles. The third-order valence-electron chi connectivity index (χ3n) is 6.82. The largest absolute Gasteiger partial charge is 0.455 e. The molecular weight excluding hydrogens is 584 g/mol. The summed E-state index contributed by atoms with van der Waals surface area (Å²) < 4.78 is 73.0. The average molecular weight is 609 g/mol. The van der Waals surface area contributed by atoms with Gasteiger partial charge >= 0.3 is 0 Å². The minimum atomic E-state index is -4.57. The van der Waals surface area contributed by atoms with Gasteiger partial charge in [0.2, 0.25) is 0 Å². The Bertz CT molecular complexity index is 2040. The highest BCUT2D eigenvalue weighted by Gasteiger charge is 2.36. The average Bonchev–Trinajstić information content (AvgIpc) is 2.92. The van der Waals surface area contributed by atoms with Gasteiger partial charge in [0.25, 0.3) is 20.2 Å². The molecule has 216 valence electrons. The molecule has 0 unspecified atom stereocenters. The predicted molar refractivity (Wildman–Crippen MR) is 155 cm³/mol. The Morgan fingerprint density at radius 3 is 1.83 bits per heavy atom. The third kappa shape index (κ3) is 5.14. The number of carbonyl (C=O) groups is 2. The standard InChI is InChI=1S/C29H24N2O9S2/c1-15-8-10-17(12-23(15)41(34,35)36)31-21-14-22(40-18-11-9-16(2)24(13-18)42(37,38)39)27(30-3)26-25(21)28(32)19-6-4-5-7-20(19)29(26)33/h4-14,30-31H,1-3H3,(H,34,35,36)(H,37,38,39). The van der Waals surface area contributed by atoms with E-state index in [9.17, 15) is 35.5 Å². The van der Waals surface area contributed by atoms with Crippen LogP contribution in [0.5, 0.6) is 11.5 Å². The second-order valence-electron chi connectivity index (χ2n) is 9.59. The number of fused-ring (bicyclic) bond motifs is 2. The van der Waals surface area contributed by atoms with Gasteiger partial charge in [-0.1, -0.05) is 36.4 Å². The van der Waals surface area contributed by atoms with Crippen LogP contribution in [-0.2, 0) is 20.2 Å². The SMILES string of the molecule is CNc1c(Oc2ccc(C)c(S(=O)(=O)O)c2)cc(Nc2ccc(C)c(S(=O)(=O)O)c2)c2c1C(=O)c1ccccc1C2=O. The van der Waals surface area contributed by atoms with Gasteiger partial charge in [0.1, 0.15) is 10.6 Å². The Balaban J connectivity index is 1.74. The number of benzene rings is 4. The lowest BCUT2D eigenvalue weighted by molar-refractivity contribution is 0.0980. The van der Waals surface area contributed by atoms with Crippen LogP contribution in [0.3, 0.4) is 0 Å². The van der Waals surface area contributed by atoms with Crippen LogP contribution < -0.4 is 15.4 Å². The van der Waals surface area contributed by atoms with Crippen LogP contribution in [0.15, 0.2) is 76.5 Å². The fourth-order valence-corrected chi connectivity index (χ4v) is 6.35. The molecule has 0 fully saturated rings. The van der Waals surface area contributed by atoms with Crippen molar-refractivity contribution >= 4 is 48.9 Å². The summed E-state index contributed by atoms with van der Waals surface area (Å²) >= 11 is 0. The normalized spacial score (nSPS) is 12.9. The fourth-order valence-electron chi connectivity index (χ4n) is 4.86. The van der Waals surface area contributed by atoms with Crippen molar-refractivity contribution in [3.8, 4) is 11.5 Å². The molecular formula is C29H24N2O9S2. The lowest BCUT2D eigenvalue weighted by Gasteiger charge is -2.25. The zero-order valence-corrected chi connectivity index (χ0v) is 24.1. The molecule has 1 aliphatic carbocycles. The van der Waals surface area contributed by atoms with E-state index in [1.807, 2.05) is 0 Å². The molecule has 0 heterocycles. The molecule has 0 aromatic heterocycles. The molecule has 0 atom stereocenters. The number of carbonyl (C=O) groups excluding carboxylic acids is 2. The topological polar surface area (TPSA) is 176 Å². The van der Waals surface area contributed by atoms with Gasteiger partial charge in [-0.25, -0.2) is 0 Å². The second kappa shape index (κ2) is 10.4. The minimum Gasteiger partial charge on any atom is -0.455 e. The first kappa shape index (κ1) is 29.0. The van der Waals surface area contributed by atoms with Gasteiger partial charge in [0, 0.05) is 36.0 Å². The van der Waals surface area contributed by atoms with Crippen LogP contribution in [0.4, 0.5) is 17.1 Å². The zero-order chi connectivity index (χ0) is 30.6. The Labute approximate surface area is 241 Å². The van der Waals surface area contributed by atoms with E-state index in [2.05, 4.69) is 10.6 Å². The molecule has 0 saturated heterocycles. The first-order chi connectivity index (χ1) is 19.7. The molecule has 0 bridgehead atoms. The van der Waals surface area contributed by atoms with Gasteiger partial charge in [0.05, 0.1) is 27.4 Å². The van der Waals surface area contributed by atoms with E-state index in [1.54, 1.807) is 12.1 Å². The Kier molecular flexibility index (Phi) is 7.15. The van der Waals surface area contributed by atoms with Crippen LogP contribution >= 0.6 is 0 Å². The van der Waals surface area contributed by atoms with Crippen molar-refractivity contribution in [3.63, 3.8) is 0 Å². The summed E-state index contributed by atoms with van der Waals surface area (Å²) in [4.78, 5) is 26.9. The maximum absolute atomic E-state index is 13.8. The van der Waals surface area contributed by atoms with Crippen LogP contribution in [0, 0.1) is 13.8 Å². The summed E-state index contributed by atoms with van der Waals surface area (Å²) in [7, 11) is -7.62. The maximum atomic E-state index is 13.8. The van der Waals surface area contributed by atoms with Gasteiger partial charge in [-0.05, 0) is 43.2 Å². The van der Waals surface area contributed by atoms with E-state index in [-0.39, 0.29) is 71.7 Å². The number of hydrogen-bond acceptors (Lipinski definition) is 9. The molecule has 0 spiro atoms. The van der Waals surface area contributed by atoms with Crippen molar-refractivity contribution in [2.24, 2.45) is 0 Å². The van der Waals surface area contributed by atoms with E-state index in [0.717, 1.165) is 6.07 Å². The number of aryl methyl sites for hydroxylation is 2. The highest BCUT2D eigenvalue weighted by Crippen LogP contribution is 2.44. The quantitative estimate of drug-likeness (QED) is 0.180. The molecule has 5 rings (SSSR count). The Morgan fingerprint density at radius 2 is 1.26 bits per heavy atom. The van der Waals surface area contributed by atoms with Crippen LogP contribution in [0.1, 0.15) is 43.0 Å². The van der Waals surface area contributed by atoms with Crippen LogP contribution in [-0.4, -0.2) is 44.6 Å². The van der Waals surface area contributed by atoms with Gasteiger partial charge in [-0.3, -0.25) is 18.7 Å². The number of anilines is 3. The lowest BCUT2D eigenvalue weighted by Crippen LogP contribution is -2.24. The fraction of sp³-hybridized carbons (Fsp3) is 0.103. The van der Waals surface area contributed by atoms with Crippen molar-refractivity contribution < 1.29 is 40.3 Å². The molecule has 42 heavy (non-hydrogen) atoms. The Morgan fingerprint density at radius 1 is 0.714 bits per heavy atom. The van der Waals surface area contributed by atoms with Gasteiger partial charge in [-0.2, -0.15) is 16.8 Å². The van der Waals surface area contributed by atoms with Crippen molar-refractivity contribution in [2.75, 3.05) is 17.7 Å². The van der Waals surface area contributed by atoms with E-state index < -0.39 is 31.8 Å². The highest BCUT2D eigenvalue weighted by molar-refractivity contribution is 7.86. The molecule has 4 N–H and O–H groups in total. The summed E-state index contributed by atoms with van der Waals surface area (Å²) in [6.45, 7) is 3.00. The number of hydrogen-bond donors (Lipinski definition) is 4. The molecule has 0 saturated carbocycles. The van der Waals surface area contributed by atoms with E-state index >= 15 is 0 Å². The number of rotatable bonds is 7. The van der Waals surface area contributed by atoms with Gasteiger partial charge in [0.15, 0.2) is 17.3 Å². The highest BCUT2D eigenvalue weighted by atomic mass is 32.2. The third-order valence-corrected chi connectivity index (χ3v) is 8.81. The molecule has 13 heteroatoms. The summed E-state index contributed by atoms with van der Waals surface area (Å²) in [5, 5.41) is 5.89. The molecule has 0 radical (unpaired) electrons. The first-order valence-electron chi connectivity index (χ1n) is 12.4. The first-order valence-corrected chi connectivity index (χ1v) is 15.3. The number of nitrogens with one attached hydrogen (secondary N) is 2. The molecule has 1 aliphatic rings. The van der Waals surface area contributed by atoms with Gasteiger partial charge < -0.3 is 15.4 Å². The number of ether oxygens (including phenoxy) is 1. The van der Waals surface area contributed by atoms with Crippen LogP contribution in [0.2, 0.25) is 0 Å². The van der Waals surface area contributed by atoms with Crippen molar-refractivity contribution in [3.05, 3.63) is 100 Å². The van der Waals surface area contributed by atoms with Crippen molar-refractivity contribution in [1.82, 2.24) is 0 Å². The monoisotopic (exact) mass is 608 g/mol. The lowest BCUT2D eigenvalue weighted by atomic mass is 9.82. The summed E-state index contributed by atoms with van der Waals surface area (Å²) in [5.74, 6) is -0.930. The maximum Gasteiger partial charge on any atom is 0.294 e. The van der Waals surface area contributed by atoms with E-state index in [1.165, 1.54) is 69.4 Å². The molecule has 4 aromatic rings. The van der Waals surface area contributed by atoms with E-state index in [0.29, 0.717) is 0 Å². The van der Waals surface area contributed by atoms with Crippen LogP contribution in [0.25, 0.3) is 0 Å². The smallest absolute Gasteiger partial charge is 0.294 e. The summed E-state index contributed by atoms with van der Waals surface area (Å²) in [6, 6.07) is 15.9. The molecule has 11 nitrogen and oxygen atoms in total. The predicted octanol–water partition coefficient (Wildman–Crippen LogP) is 5.15. The minimum absolute atomic E-state index is 0.00749. The van der Waals surface area contributed by atoms with Crippen molar-refractivity contribution in [2.45, 2.75) is 23.6 Å². The second-order valence-corrected chi connectivity index (χ2v) is 12.4. The van der Waals surface area contributed by atoms with Gasteiger partial charge in [-0.15, -0.1) is 0 Å². The molecule has 0 amide bonds. The zero-order valence-electron chi connectivity index (χ0n) is 22.4. The molecule has 0 aliphatic heterocycles. The number of ketones is 2. The summed E-state index contributed by atoms with van der Waals surface area (Å²) in [6.07, 6.45) is 0. The summed E-state index contributed by atoms with van der Waals surface area (Å²) in [5.41, 5.74) is 1.28.